The van der Waals surface area contributed by atoms with Crippen molar-refractivity contribution in [3.8, 4) is 23.0 Å². The van der Waals surface area contributed by atoms with Crippen molar-refractivity contribution < 1.29 is 58.9 Å². The van der Waals surface area contributed by atoms with E-state index in [1.54, 1.807) is 71.2 Å². The number of nitrogens with zero attached hydrogens (tertiary/aromatic N) is 2. The number of anilines is 2. The lowest BCUT2D eigenvalue weighted by Crippen LogP contribution is -2.46. The molecule has 9 unspecified atom stereocenters. The summed E-state index contributed by atoms with van der Waals surface area (Å²) in [4.78, 5) is 40.5. The van der Waals surface area contributed by atoms with Crippen LogP contribution in [-0.4, -0.2) is 93.8 Å². The molecule has 6 N–H and O–H groups in total. The van der Waals surface area contributed by atoms with Gasteiger partial charge in [0.05, 0.1) is 58.7 Å². The number of aliphatic hydroxyl groups is 2. The first kappa shape index (κ1) is 45.2. The molecule has 6 rings (SSSR count). The molecule has 3 aromatic carbocycles. The fourth-order valence-corrected chi connectivity index (χ4v) is 7.73. The fraction of sp³-hybridized carbons (Fsp3) is 0.422. The highest BCUT2D eigenvalue weighted by atomic mass is 16.7. The van der Waals surface area contributed by atoms with Crippen LogP contribution in [0.2, 0.25) is 0 Å². The van der Waals surface area contributed by atoms with Gasteiger partial charge in [-0.25, -0.2) is 0 Å². The number of fused-ring (bicyclic) bond motifs is 14. The summed E-state index contributed by atoms with van der Waals surface area (Å²) in [6.07, 6.45) is 4.68. The first-order chi connectivity index (χ1) is 28.2. The predicted octanol–water partition coefficient (Wildman–Crippen LogP) is 6.22. The Bertz CT molecular complexity index is 2250. The second kappa shape index (κ2) is 18.2. The van der Waals surface area contributed by atoms with E-state index in [1.165, 1.54) is 64.4 Å². The maximum absolute atomic E-state index is 14.4. The molecule has 0 spiro atoms. The highest BCUT2D eigenvalue weighted by molar-refractivity contribution is 6.24. The van der Waals surface area contributed by atoms with Crippen molar-refractivity contribution in [1.29, 1.82) is 0 Å². The number of carbonyl (C=O) groups excluding carboxylic acids is 3. The van der Waals surface area contributed by atoms with Gasteiger partial charge in [0.1, 0.15) is 23.4 Å². The molecule has 15 heteroatoms. The van der Waals surface area contributed by atoms with E-state index in [9.17, 15) is 39.9 Å². The molecule has 0 saturated carbocycles. The monoisotopic (exact) mass is 829 g/mol. The van der Waals surface area contributed by atoms with Crippen LogP contribution in [0.3, 0.4) is 0 Å². The van der Waals surface area contributed by atoms with Crippen LogP contribution in [0, 0.1) is 30.6 Å². The normalized spacial score (nSPS) is 27.8. The highest BCUT2D eigenvalue weighted by Gasteiger charge is 2.50. The van der Waals surface area contributed by atoms with E-state index in [1.807, 2.05) is 6.07 Å². The van der Waals surface area contributed by atoms with Crippen LogP contribution in [0.1, 0.15) is 70.0 Å². The molecule has 0 fully saturated rings. The molecule has 15 nitrogen and oxygen atoms in total. The van der Waals surface area contributed by atoms with E-state index in [-0.39, 0.29) is 44.5 Å². The molecule has 3 heterocycles. The number of ether oxygens (including phenoxy) is 4. The van der Waals surface area contributed by atoms with Crippen molar-refractivity contribution in [3.05, 3.63) is 83.2 Å². The number of hydrazone groups is 1. The lowest BCUT2D eigenvalue weighted by molar-refractivity contribution is -0.160. The van der Waals surface area contributed by atoms with Gasteiger partial charge in [0.2, 0.25) is 0 Å². The molecule has 3 aliphatic rings. The molecule has 0 radical (unpaired) electrons. The zero-order valence-electron chi connectivity index (χ0n) is 35.5. The number of para-hydroxylation sites is 1. The minimum absolute atomic E-state index is 0.0387. The van der Waals surface area contributed by atoms with Gasteiger partial charge >= 0.3 is 11.8 Å². The number of hydrogen-bond acceptors (Lipinski definition) is 14. The van der Waals surface area contributed by atoms with E-state index in [0.717, 1.165) is 0 Å². The summed E-state index contributed by atoms with van der Waals surface area (Å²) in [5, 5.41) is 66.5. The number of phenolic OH excluding ortho intramolecular Hbond substituents is 3. The van der Waals surface area contributed by atoms with E-state index in [2.05, 4.69) is 10.4 Å². The number of Topliss-reactive ketones (excluding diaryl/α,β-unsaturated/α-hetero) is 1. The zero-order chi connectivity index (χ0) is 44.4. The van der Waals surface area contributed by atoms with Gasteiger partial charge in [0.15, 0.2) is 5.75 Å². The van der Waals surface area contributed by atoms with E-state index in [4.69, 9.17) is 18.9 Å². The van der Waals surface area contributed by atoms with Gasteiger partial charge in [-0.15, -0.1) is 0 Å². The van der Waals surface area contributed by atoms with Crippen LogP contribution in [0.15, 0.2) is 71.6 Å². The summed E-state index contributed by atoms with van der Waals surface area (Å²) in [7, 11) is 3.08. The Hall–Kier alpha value is -5.90. The Morgan fingerprint density at radius 1 is 0.933 bits per heavy atom. The molecule has 9 atom stereocenters. The molecular formula is C45H55N3O12. The van der Waals surface area contributed by atoms with Crippen molar-refractivity contribution in [1.82, 2.24) is 0 Å². The summed E-state index contributed by atoms with van der Waals surface area (Å²) in [5.74, 6) is -8.57. The average molecular weight is 830 g/mol. The van der Waals surface area contributed by atoms with Crippen molar-refractivity contribution in [2.75, 3.05) is 24.5 Å². The first-order valence-corrected chi connectivity index (χ1v) is 19.7. The van der Waals surface area contributed by atoms with Gasteiger partial charge in [-0.05, 0) is 32.1 Å². The number of aliphatic hydroxyl groups excluding tert-OH is 2. The van der Waals surface area contributed by atoms with Crippen molar-refractivity contribution in [2.45, 2.75) is 85.6 Å². The third-order valence-corrected chi connectivity index (χ3v) is 11.5. The zero-order valence-corrected chi connectivity index (χ0v) is 35.5. The number of ketones is 1. The van der Waals surface area contributed by atoms with Gasteiger partial charge in [-0.3, -0.25) is 19.4 Å². The number of hydrogen-bond donors (Lipinski definition) is 6. The number of carbonyl (C=O) groups is 3. The molecule has 60 heavy (non-hydrogen) atoms. The third kappa shape index (κ3) is 8.69. The minimum atomic E-state index is -2.06. The average Bonchev–Trinajstić information content (AvgIpc) is 3.49. The van der Waals surface area contributed by atoms with Crippen molar-refractivity contribution >= 4 is 46.0 Å². The predicted molar refractivity (Wildman–Crippen MR) is 226 cm³/mol. The van der Waals surface area contributed by atoms with Crippen molar-refractivity contribution in [2.24, 2.45) is 28.8 Å². The number of aromatic hydroxyl groups is 3. The van der Waals surface area contributed by atoms with Crippen LogP contribution in [0.4, 0.5) is 11.4 Å². The molecule has 3 aliphatic heterocycles. The number of rotatable bonds is 5. The number of allylic oxidation sites excluding steroid dienone is 2. The van der Waals surface area contributed by atoms with Crippen LogP contribution in [-0.2, 0) is 23.8 Å². The minimum Gasteiger partial charge on any atom is -0.507 e. The Labute approximate surface area is 349 Å². The van der Waals surface area contributed by atoms with Crippen molar-refractivity contribution in [3.63, 3.8) is 0 Å². The molecular weight excluding hydrogens is 775 g/mol. The summed E-state index contributed by atoms with van der Waals surface area (Å²) < 4.78 is 23.6. The van der Waals surface area contributed by atoms with Crippen LogP contribution in [0.25, 0.3) is 10.8 Å². The smallest absolute Gasteiger partial charge is 0.312 e. The molecule has 0 aliphatic carbocycles. The largest absolute Gasteiger partial charge is 0.507 e. The number of benzene rings is 3. The fourth-order valence-electron chi connectivity index (χ4n) is 7.73. The van der Waals surface area contributed by atoms with E-state index < -0.39 is 88.8 Å². The van der Waals surface area contributed by atoms with Crippen LogP contribution >= 0.6 is 0 Å². The van der Waals surface area contributed by atoms with E-state index in [0.29, 0.717) is 5.69 Å². The standard InChI is InChI=1S/C45H55N3O12/c1-22-15-14-16-23(2)44(56)47-35-30(21-46-48(9)29-17-12-11-13-18-29)39(53)32-33(40(35)54)38(52)27(6)42-34(32)43(55)45(8,60-42)58-20-19-31(57-10)24(3)41(59-28(7)49)26(5)37(51)25(4)36(22)50/h11-22,24-26,31,36-37,41,50-54H,1-10H3,(H,47,56)/b15-14?,20-19?,23-16?,46-21+. The second-order valence-electron chi connectivity index (χ2n) is 15.7. The summed E-state index contributed by atoms with van der Waals surface area (Å²) in [6.45, 7) is 12.5. The number of methoxy groups -OCH3 is 1. The number of esters is 1. The van der Waals surface area contributed by atoms with Crippen LogP contribution < -0.4 is 15.1 Å². The maximum Gasteiger partial charge on any atom is 0.312 e. The Morgan fingerprint density at radius 3 is 2.23 bits per heavy atom. The Kier molecular flexibility index (Phi) is 13.7. The molecule has 322 valence electrons. The Balaban J connectivity index is 1.73. The Morgan fingerprint density at radius 2 is 1.60 bits per heavy atom. The lowest BCUT2D eigenvalue weighted by atomic mass is 9.78. The van der Waals surface area contributed by atoms with Gasteiger partial charge in [0.25, 0.3) is 11.7 Å². The molecule has 5 bridgehead atoms. The molecule has 0 aromatic heterocycles. The van der Waals surface area contributed by atoms with Gasteiger partial charge in [-0.2, -0.15) is 5.10 Å². The second-order valence-corrected chi connectivity index (χ2v) is 15.7. The number of amides is 1. The topological polar surface area (TPSA) is 217 Å². The van der Waals surface area contributed by atoms with E-state index >= 15 is 0 Å². The quantitative estimate of drug-likeness (QED) is 0.0554. The van der Waals surface area contributed by atoms with Gasteiger partial charge in [-0.1, -0.05) is 64.1 Å². The van der Waals surface area contributed by atoms with Gasteiger partial charge < -0.3 is 49.8 Å². The highest BCUT2D eigenvalue weighted by Crippen LogP contribution is 2.55. The summed E-state index contributed by atoms with van der Waals surface area (Å²) >= 11 is 0. The third-order valence-electron chi connectivity index (χ3n) is 11.5. The molecule has 3 aromatic rings. The number of nitrogens with one attached hydrogen (secondary N) is 1. The maximum atomic E-state index is 14.4. The molecule has 1 amide bonds. The SMILES string of the molecule is COC1C=COC2(C)Oc3c(C)c(O)c4c(O)c(c(/C=N/N(C)c5ccccc5)c(O)c4c3C2=O)NC(=O)C(C)=CC=CC(C)C(O)C(C)C(O)C(C)C(OC(C)=O)C1C. The molecule has 0 saturated heterocycles. The first-order valence-electron chi connectivity index (χ1n) is 19.7. The lowest BCUT2D eigenvalue weighted by Gasteiger charge is -2.38. The van der Waals surface area contributed by atoms with Gasteiger partial charge in [0, 0.05) is 68.2 Å². The van der Waals surface area contributed by atoms with Crippen LogP contribution in [0.5, 0.6) is 23.0 Å². The number of phenols is 3. The summed E-state index contributed by atoms with van der Waals surface area (Å²) in [6, 6.07) is 9.03. The summed E-state index contributed by atoms with van der Waals surface area (Å²) in [5.41, 5.74) is 0.150.